The van der Waals surface area contributed by atoms with Crippen molar-refractivity contribution in [3.05, 3.63) is 18.7 Å². The van der Waals surface area contributed by atoms with Gasteiger partial charge >= 0.3 is 0 Å². The summed E-state index contributed by atoms with van der Waals surface area (Å²) >= 11 is 0. The van der Waals surface area contributed by atoms with Crippen LogP contribution in [0.25, 0.3) is 22.4 Å². The fourth-order valence-electron chi connectivity index (χ4n) is 3.09. The van der Waals surface area contributed by atoms with Crippen LogP contribution in [0, 0.1) is 0 Å². The van der Waals surface area contributed by atoms with Crippen molar-refractivity contribution in [2.75, 3.05) is 36.9 Å². The third kappa shape index (κ3) is 3.60. The summed E-state index contributed by atoms with van der Waals surface area (Å²) in [5.74, 6) is 0.799. The predicted octanol–water partition coefficient (Wildman–Crippen LogP) is 0.863. The van der Waals surface area contributed by atoms with E-state index in [0.29, 0.717) is 67.6 Å². The van der Waals surface area contributed by atoms with Crippen LogP contribution in [0.5, 0.6) is 0 Å². The molecule has 1 aliphatic rings. The minimum Gasteiger partial charge on any atom is -0.388 e. The van der Waals surface area contributed by atoms with Crippen molar-refractivity contribution in [2.24, 2.45) is 0 Å². The second-order valence-electron chi connectivity index (χ2n) is 7.20. The van der Waals surface area contributed by atoms with E-state index < -0.39 is 5.60 Å². The molecule has 0 aliphatic carbocycles. The highest BCUT2D eigenvalue weighted by Crippen LogP contribution is 2.28. The minimum absolute atomic E-state index is 0.201. The Balaban J connectivity index is 1.86. The largest absolute Gasteiger partial charge is 0.388 e. The summed E-state index contributed by atoms with van der Waals surface area (Å²) in [6.45, 7) is 6.82. The van der Waals surface area contributed by atoms with Gasteiger partial charge in [0.05, 0.1) is 31.7 Å². The molecule has 0 spiro atoms. The van der Waals surface area contributed by atoms with Gasteiger partial charge in [0.2, 0.25) is 11.9 Å². The topological polar surface area (TPSA) is 128 Å². The zero-order chi connectivity index (χ0) is 19.7. The Morgan fingerprint density at radius 2 is 1.89 bits per heavy atom. The number of rotatable bonds is 5. The van der Waals surface area contributed by atoms with Gasteiger partial charge in [-0.15, -0.1) is 0 Å². The molecule has 10 nitrogen and oxygen atoms in total. The van der Waals surface area contributed by atoms with Gasteiger partial charge in [0.15, 0.2) is 5.65 Å². The summed E-state index contributed by atoms with van der Waals surface area (Å²) in [5.41, 5.74) is 7.42. The van der Waals surface area contributed by atoms with Crippen LogP contribution >= 0.6 is 0 Å². The van der Waals surface area contributed by atoms with Crippen molar-refractivity contribution in [1.29, 1.82) is 0 Å². The highest BCUT2D eigenvalue weighted by atomic mass is 16.5. The Morgan fingerprint density at radius 3 is 2.57 bits per heavy atom. The SMILES string of the molecule is CCC(C)(O)Cn1cnc2c(-c3cnc(N)nc3)nc(N3CCOCC3)nc21. The van der Waals surface area contributed by atoms with Gasteiger partial charge in [0.25, 0.3) is 0 Å². The molecule has 0 radical (unpaired) electrons. The lowest BCUT2D eigenvalue weighted by molar-refractivity contribution is 0.0389. The van der Waals surface area contributed by atoms with Crippen molar-refractivity contribution in [3.8, 4) is 11.3 Å². The van der Waals surface area contributed by atoms with Gasteiger partial charge in [0, 0.05) is 31.0 Å². The van der Waals surface area contributed by atoms with Crippen LogP contribution in [0.1, 0.15) is 20.3 Å². The van der Waals surface area contributed by atoms with Crippen molar-refractivity contribution < 1.29 is 9.84 Å². The Bertz CT molecular complexity index is 964. The zero-order valence-corrected chi connectivity index (χ0v) is 16.0. The summed E-state index contributed by atoms with van der Waals surface area (Å²) in [4.78, 5) is 24.3. The molecule has 0 aromatic carbocycles. The number of nitrogens with two attached hydrogens (primary N) is 1. The van der Waals surface area contributed by atoms with Crippen LogP contribution in [0.15, 0.2) is 18.7 Å². The molecular weight excluding hydrogens is 360 g/mol. The van der Waals surface area contributed by atoms with E-state index in [0.717, 1.165) is 0 Å². The number of imidazole rings is 1. The van der Waals surface area contributed by atoms with Crippen LogP contribution in [0.3, 0.4) is 0 Å². The van der Waals surface area contributed by atoms with Gasteiger partial charge < -0.3 is 25.0 Å². The molecule has 10 heteroatoms. The maximum atomic E-state index is 10.5. The second kappa shape index (κ2) is 7.28. The van der Waals surface area contributed by atoms with Crippen LogP contribution in [0.4, 0.5) is 11.9 Å². The highest BCUT2D eigenvalue weighted by Gasteiger charge is 2.24. The quantitative estimate of drug-likeness (QED) is 0.658. The molecule has 1 fully saturated rings. The molecule has 3 aromatic heterocycles. The van der Waals surface area contributed by atoms with Gasteiger partial charge in [-0.05, 0) is 13.3 Å². The van der Waals surface area contributed by atoms with E-state index in [-0.39, 0.29) is 5.95 Å². The Labute approximate surface area is 162 Å². The number of hydrogen-bond donors (Lipinski definition) is 2. The van der Waals surface area contributed by atoms with E-state index in [9.17, 15) is 5.11 Å². The minimum atomic E-state index is -0.859. The number of morpholine rings is 1. The third-order valence-corrected chi connectivity index (χ3v) is 4.96. The van der Waals surface area contributed by atoms with E-state index in [1.54, 1.807) is 25.6 Å². The molecule has 3 aromatic rings. The summed E-state index contributed by atoms with van der Waals surface area (Å²) in [6, 6.07) is 0. The molecule has 1 unspecified atom stereocenters. The number of nitrogens with zero attached hydrogens (tertiary/aromatic N) is 7. The first-order valence-corrected chi connectivity index (χ1v) is 9.33. The van der Waals surface area contributed by atoms with E-state index in [4.69, 9.17) is 20.4 Å². The smallest absolute Gasteiger partial charge is 0.228 e. The maximum absolute atomic E-state index is 10.5. The third-order valence-electron chi connectivity index (χ3n) is 4.96. The molecule has 1 atom stereocenters. The molecule has 1 aliphatic heterocycles. The molecule has 4 rings (SSSR count). The predicted molar refractivity (Wildman–Crippen MR) is 105 cm³/mol. The van der Waals surface area contributed by atoms with Crippen molar-refractivity contribution >= 4 is 23.1 Å². The molecule has 0 amide bonds. The monoisotopic (exact) mass is 384 g/mol. The number of aliphatic hydroxyl groups is 1. The average Bonchev–Trinajstić information content (AvgIpc) is 3.11. The van der Waals surface area contributed by atoms with E-state index in [1.807, 2.05) is 11.5 Å². The molecule has 4 heterocycles. The summed E-state index contributed by atoms with van der Waals surface area (Å²) in [6.07, 6.45) is 5.57. The van der Waals surface area contributed by atoms with Gasteiger partial charge in [0.1, 0.15) is 11.2 Å². The first-order chi connectivity index (χ1) is 13.5. The first kappa shape index (κ1) is 18.5. The summed E-state index contributed by atoms with van der Waals surface area (Å²) in [5, 5.41) is 10.5. The lowest BCUT2D eigenvalue weighted by Crippen LogP contribution is -2.37. The van der Waals surface area contributed by atoms with Crippen molar-refractivity contribution in [1.82, 2.24) is 29.5 Å². The van der Waals surface area contributed by atoms with Gasteiger partial charge in [-0.2, -0.15) is 4.98 Å². The average molecular weight is 384 g/mol. The molecule has 148 valence electrons. The van der Waals surface area contributed by atoms with E-state index in [1.165, 1.54) is 0 Å². The Kier molecular flexibility index (Phi) is 4.82. The molecule has 3 N–H and O–H groups in total. The van der Waals surface area contributed by atoms with E-state index >= 15 is 0 Å². The molecule has 0 bridgehead atoms. The van der Waals surface area contributed by atoms with Gasteiger partial charge in [-0.3, -0.25) is 0 Å². The number of hydrogen-bond acceptors (Lipinski definition) is 9. The summed E-state index contributed by atoms with van der Waals surface area (Å²) in [7, 11) is 0. The number of nitrogen functional groups attached to an aromatic ring is 1. The van der Waals surface area contributed by atoms with Crippen LogP contribution in [0.2, 0.25) is 0 Å². The fourth-order valence-corrected chi connectivity index (χ4v) is 3.09. The van der Waals surface area contributed by atoms with Crippen molar-refractivity contribution in [2.45, 2.75) is 32.4 Å². The number of fused-ring (bicyclic) bond motifs is 1. The first-order valence-electron chi connectivity index (χ1n) is 9.33. The van der Waals surface area contributed by atoms with Crippen LogP contribution in [-0.2, 0) is 11.3 Å². The summed E-state index contributed by atoms with van der Waals surface area (Å²) < 4.78 is 7.31. The van der Waals surface area contributed by atoms with Crippen LogP contribution < -0.4 is 10.6 Å². The molecule has 0 saturated carbocycles. The number of ether oxygens (including phenoxy) is 1. The Morgan fingerprint density at radius 1 is 1.18 bits per heavy atom. The second-order valence-corrected chi connectivity index (χ2v) is 7.20. The van der Waals surface area contributed by atoms with Crippen molar-refractivity contribution in [3.63, 3.8) is 0 Å². The van der Waals surface area contributed by atoms with Crippen LogP contribution in [-0.4, -0.2) is 66.5 Å². The maximum Gasteiger partial charge on any atom is 0.228 e. The lowest BCUT2D eigenvalue weighted by atomic mass is 10.0. The fraction of sp³-hybridized carbons (Fsp3) is 0.500. The molecule has 28 heavy (non-hydrogen) atoms. The Hall–Kier alpha value is -2.85. The van der Waals surface area contributed by atoms with Gasteiger partial charge in [-0.25, -0.2) is 19.9 Å². The van der Waals surface area contributed by atoms with Gasteiger partial charge in [-0.1, -0.05) is 6.92 Å². The molecular formula is C18H24N8O2. The number of aromatic nitrogens is 6. The lowest BCUT2D eigenvalue weighted by Gasteiger charge is -2.27. The zero-order valence-electron chi connectivity index (χ0n) is 16.0. The van der Waals surface area contributed by atoms with E-state index in [2.05, 4.69) is 19.9 Å². The standard InChI is InChI=1S/C18H24N8O2/c1-3-18(2,27)10-26-11-22-14-13(12-8-20-16(19)21-9-12)23-17(24-15(14)26)25-4-6-28-7-5-25/h8-9,11,27H,3-7,10H2,1-2H3,(H2,19,20,21). The number of anilines is 2. The highest BCUT2D eigenvalue weighted by molar-refractivity contribution is 5.88. The normalized spacial score (nSPS) is 17.0. The molecule has 1 saturated heterocycles.